The number of nitrogens with one attached hydrogen (secondary N) is 1. The fraction of sp³-hybridized carbons (Fsp3) is 0.455. The van der Waals surface area contributed by atoms with E-state index in [9.17, 15) is 4.79 Å². The summed E-state index contributed by atoms with van der Waals surface area (Å²) in [5.74, 6) is -0.492. The van der Waals surface area contributed by atoms with Crippen LogP contribution in [0.25, 0.3) is 0 Å². The number of nitrogens with zero attached hydrogens (tertiary/aromatic N) is 1. The molecule has 1 unspecified atom stereocenters. The second kappa shape index (κ2) is 3.22. The topological polar surface area (TPSA) is 68.0 Å². The van der Waals surface area contributed by atoms with Crippen molar-refractivity contribution in [2.45, 2.75) is 26.3 Å². The average Bonchev–Trinajstić information content (AvgIpc) is 2.74. The van der Waals surface area contributed by atoms with Crippen LogP contribution in [0.2, 0.25) is 0 Å². The molecule has 1 fully saturated rings. The Morgan fingerprint density at radius 3 is 2.87 bits per heavy atom. The molecule has 1 amide bonds. The van der Waals surface area contributed by atoms with Crippen molar-refractivity contribution in [2.75, 3.05) is 5.32 Å². The highest BCUT2D eigenvalue weighted by molar-refractivity contribution is 5.91. The molecule has 1 atom stereocenters. The van der Waals surface area contributed by atoms with Gasteiger partial charge >= 0.3 is 0 Å². The summed E-state index contributed by atoms with van der Waals surface area (Å²) in [5, 5.41) is 3.35. The van der Waals surface area contributed by atoms with Crippen LogP contribution in [-0.2, 0) is 0 Å². The molecule has 1 aliphatic carbocycles. The predicted octanol–water partition coefficient (Wildman–Crippen LogP) is 1.39. The normalized spacial score (nSPS) is 22.1. The van der Waals surface area contributed by atoms with E-state index in [1.54, 1.807) is 12.3 Å². The predicted molar refractivity (Wildman–Crippen MR) is 58.6 cm³/mol. The first-order valence-electron chi connectivity index (χ1n) is 5.01. The summed E-state index contributed by atoms with van der Waals surface area (Å²) in [6.07, 6.45) is 2.75. The third kappa shape index (κ3) is 2.09. The van der Waals surface area contributed by atoms with Crippen molar-refractivity contribution >= 4 is 11.6 Å². The summed E-state index contributed by atoms with van der Waals surface area (Å²) in [5.41, 5.74) is 6.73. The van der Waals surface area contributed by atoms with E-state index in [1.165, 1.54) is 0 Å². The SMILES string of the molecule is CC1(C)CC1Nc1ccnc(C(N)=O)c1. The molecule has 4 heteroatoms. The van der Waals surface area contributed by atoms with Gasteiger partial charge in [0.1, 0.15) is 5.69 Å². The minimum Gasteiger partial charge on any atom is -0.382 e. The second-order valence-corrected chi connectivity index (χ2v) is 4.68. The summed E-state index contributed by atoms with van der Waals surface area (Å²) < 4.78 is 0. The molecule has 1 aromatic heterocycles. The van der Waals surface area contributed by atoms with Crippen LogP contribution in [0.1, 0.15) is 30.8 Å². The molecule has 15 heavy (non-hydrogen) atoms. The molecule has 4 nitrogen and oxygen atoms in total. The van der Waals surface area contributed by atoms with Crippen molar-refractivity contribution < 1.29 is 4.79 Å². The van der Waals surface area contributed by atoms with Crippen LogP contribution < -0.4 is 11.1 Å². The van der Waals surface area contributed by atoms with Gasteiger partial charge in [-0.1, -0.05) is 13.8 Å². The Balaban J connectivity index is 2.09. The number of carbonyl (C=O) groups excluding carboxylic acids is 1. The molecule has 1 aliphatic rings. The molecule has 0 bridgehead atoms. The number of pyridine rings is 1. The first-order valence-corrected chi connectivity index (χ1v) is 5.01. The van der Waals surface area contributed by atoms with Gasteiger partial charge in [0.15, 0.2) is 0 Å². The fourth-order valence-corrected chi connectivity index (χ4v) is 1.57. The van der Waals surface area contributed by atoms with Crippen LogP contribution in [-0.4, -0.2) is 16.9 Å². The van der Waals surface area contributed by atoms with Gasteiger partial charge in [-0.05, 0) is 24.0 Å². The summed E-state index contributed by atoms with van der Waals surface area (Å²) in [6.45, 7) is 4.42. The molecule has 1 heterocycles. The number of carbonyl (C=O) groups is 1. The van der Waals surface area contributed by atoms with Gasteiger partial charge in [0.05, 0.1) is 0 Å². The number of hydrogen-bond acceptors (Lipinski definition) is 3. The number of primary amides is 1. The largest absolute Gasteiger partial charge is 0.382 e. The highest BCUT2D eigenvalue weighted by Gasteiger charge is 2.45. The zero-order valence-electron chi connectivity index (χ0n) is 8.95. The molecule has 1 aromatic rings. The van der Waals surface area contributed by atoms with E-state index in [0.29, 0.717) is 17.2 Å². The lowest BCUT2D eigenvalue weighted by atomic mass is 10.2. The Kier molecular flexibility index (Phi) is 2.14. The fourth-order valence-electron chi connectivity index (χ4n) is 1.57. The van der Waals surface area contributed by atoms with Crippen molar-refractivity contribution in [1.82, 2.24) is 4.98 Å². The van der Waals surface area contributed by atoms with Crippen LogP contribution in [0.3, 0.4) is 0 Å². The average molecular weight is 205 g/mol. The number of rotatable bonds is 3. The molecule has 80 valence electrons. The van der Waals surface area contributed by atoms with Gasteiger partial charge in [-0.3, -0.25) is 9.78 Å². The molecule has 0 aromatic carbocycles. The second-order valence-electron chi connectivity index (χ2n) is 4.68. The number of amides is 1. The minimum atomic E-state index is -0.492. The third-order valence-electron chi connectivity index (χ3n) is 2.87. The van der Waals surface area contributed by atoms with Crippen molar-refractivity contribution in [3.05, 3.63) is 24.0 Å². The first-order chi connectivity index (χ1) is 6.99. The third-order valence-corrected chi connectivity index (χ3v) is 2.87. The van der Waals surface area contributed by atoms with E-state index in [-0.39, 0.29) is 0 Å². The van der Waals surface area contributed by atoms with E-state index < -0.39 is 5.91 Å². The number of aromatic nitrogens is 1. The van der Waals surface area contributed by atoms with Gasteiger partial charge in [-0.15, -0.1) is 0 Å². The van der Waals surface area contributed by atoms with Crippen LogP contribution >= 0.6 is 0 Å². The Labute approximate surface area is 88.9 Å². The van der Waals surface area contributed by atoms with Gasteiger partial charge < -0.3 is 11.1 Å². The zero-order chi connectivity index (χ0) is 11.1. The van der Waals surface area contributed by atoms with Crippen LogP contribution in [0.15, 0.2) is 18.3 Å². The molecule has 2 rings (SSSR count). The monoisotopic (exact) mass is 205 g/mol. The quantitative estimate of drug-likeness (QED) is 0.783. The van der Waals surface area contributed by atoms with Crippen molar-refractivity contribution in [3.8, 4) is 0 Å². The molecule has 0 saturated heterocycles. The van der Waals surface area contributed by atoms with E-state index in [4.69, 9.17) is 5.73 Å². The molecule has 0 radical (unpaired) electrons. The number of anilines is 1. The van der Waals surface area contributed by atoms with Crippen molar-refractivity contribution in [3.63, 3.8) is 0 Å². The summed E-state index contributed by atoms with van der Waals surface area (Å²) in [7, 11) is 0. The summed E-state index contributed by atoms with van der Waals surface area (Å²) in [4.78, 5) is 14.8. The summed E-state index contributed by atoms with van der Waals surface area (Å²) >= 11 is 0. The first kappa shape index (κ1) is 9.96. The van der Waals surface area contributed by atoms with Gasteiger partial charge in [0, 0.05) is 17.9 Å². The van der Waals surface area contributed by atoms with Crippen molar-refractivity contribution in [2.24, 2.45) is 11.1 Å². The highest BCUT2D eigenvalue weighted by Crippen LogP contribution is 2.46. The maximum absolute atomic E-state index is 10.9. The lowest BCUT2D eigenvalue weighted by Crippen LogP contribution is -2.14. The Morgan fingerprint density at radius 1 is 1.67 bits per heavy atom. The minimum absolute atomic E-state index is 0.304. The number of nitrogens with two attached hydrogens (primary N) is 1. The molecule has 3 N–H and O–H groups in total. The zero-order valence-corrected chi connectivity index (χ0v) is 8.95. The van der Waals surface area contributed by atoms with Gasteiger partial charge in [0.25, 0.3) is 5.91 Å². The Morgan fingerprint density at radius 2 is 2.33 bits per heavy atom. The lowest BCUT2D eigenvalue weighted by Gasteiger charge is -2.08. The van der Waals surface area contributed by atoms with Gasteiger partial charge in [-0.2, -0.15) is 0 Å². The molecule has 0 aliphatic heterocycles. The summed E-state index contributed by atoms with van der Waals surface area (Å²) in [6, 6.07) is 4.03. The van der Waals surface area contributed by atoms with Crippen LogP contribution in [0.4, 0.5) is 5.69 Å². The van der Waals surface area contributed by atoms with E-state index >= 15 is 0 Å². The highest BCUT2D eigenvalue weighted by atomic mass is 16.1. The maximum Gasteiger partial charge on any atom is 0.267 e. The van der Waals surface area contributed by atoms with E-state index in [2.05, 4.69) is 24.1 Å². The van der Waals surface area contributed by atoms with Crippen molar-refractivity contribution in [1.29, 1.82) is 0 Å². The van der Waals surface area contributed by atoms with Crippen LogP contribution in [0, 0.1) is 5.41 Å². The van der Waals surface area contributed by atoms with Crippen LogP contribution in [0.5, 0.6) is 0 Å². The standard InChI is InChI=1S/C11H15N3O/c1-11(2)6-9(11)14-7-3-4-13-8(5-7)10(12)15/h3-5,9H,6H2,1-2H3,(H2,12,15)(H,13,14). The smallest absolute Gasteiger partial charge is 0.267 e. The Bertz CT molecular complexity index is 401. The molecular weight excluding hydrogens is 190 g/mol. The lowest BCUT2D eigenvalue weighted by molar-refractivity contribution is 0.0995. The molecule has 1 saturated carbocycles. The molecular formula is C11H15N3O. The Hall–Kier alpha value is -1.58. The maximum atomic E-state index is 10.9. The van der Waals surface area contributed by atoms with E-state index in [0.717, 1.165) is 12.1 Å². The van der Waals surface area contributed by atoms with Gasteiger partial charge in [0.2, 0.25) is 0 Å². The van der Waals surface area contributed by atoms with E-state index in [1.807, 2.05) is 6.07 Å². The number of hydrogen-bond donors (Lipinski definition) is 2. The van der Waals surface area contributed by atoms with Gasteiger partial charge in [-0.25, -0.2) is 0 Å². The molecule has 0 spiro atoms.